The molecule has 4 rings (SSSR count). The average Bonchev–Trinajstić information content (AvgIpc) is 2.92. The monoisotopic (exact) mass is 492 g/mol. The lowest BCUT2D eigenvalue weighted by Gasteiger charge is -2.14. The second kappa shape index (κ2) is 12.3. The number of ether oxygens (including phenoxy) is 3. The quantitative estimate of drug-likeness (QED) is 0.154. The highest BCUT2D eigenvalue weighted by atomic mass is 16.5. The van der Waals surface area contributed by atoms with Gasteiger partial charge in [-0.1, -0.05) is 60.7 Å². The predicted molar refractivity (Wildman–Crippen MR) is 146 cm³/mol. The molecule has 0 saturated heterocycles. The highest BCUT2D eigenvalue weighted by molar-refractivity contribution is 6.10. The van der Waals surface area contributed by atoms with Crippen molar-refractivity contribution in [1.82, 2.24) is 0 Å². The minimum Gasteiger partial charge on any atom is -0.490 e. The van der Waals surface area contributed by atoms with Crippen LogP contribution in [0.25, 0.3) is 16.8 Å². The third kappa shape index (κ3) is 6.47. The van der Waals surface area contributed by atoms with Gasteiger partial charge in [-0.3, -0.25) is 4.79 Å². The topological polar surface area (TPSA) is 80.6 Å². The number of nitriles is 1. The van der Waals surface area contributed by atoms with Crippen molar-refractivity contribution in [3.8, 4) is 23.3 Å². The molecular weight excluding hydrogens is 464 g/mol. The molecule has 0 fully saturated rings. The van der Waals surface area contributed by atoms with E-state index >= 15 is 0 Å². The third-order valence-electron chi connectivity index (χ3n) is 5.69. The van der Waals surface area contributed by atoms with Gasteiger partial charge in [0.05, 0.1) is 6.61 Å². The summed E-state index contributed by atoms with van der Waals surface area (Å²) in [6.45, 7) is 4.90. The van der Waals surface area contributed by atoms with Gasteiger partial charge in [0.25, 0.3) is 5.91 Å². The smallest absolute Gasteiger partial charge is 0.266 e. The van der Waals surface area contributed by atoms with Gasteiger partial charge in [-0.25, -0.2) is 0 Å². The molecule has 1 N–H and O–H groups in total. The van der Waals surface area contributed by atoms with Crippen molar-refractivity contribution in [2.24, 2.45) is 0 Å². The van der Waals surface area contributed by atoms with E-state index in [0.717, 1.165) is 22.1 Å². The number of nitrogens with zero attached hydrogens (tertiary/aromatic N) is 1. The minimum absolute atomic E-state index is 0.0112. The Morgan fingerprint density at radius 2 is 1.59 bits per heavy atom. The highest BCUT2D eigenvalue weighted by Gasteiger charge is 2.12. The molecule has 0 saturated carbocycles. The highest BCUT2D eigenvalue weighted by Crippen LogP contribution is 2.30. The van der Waals surface area contributed by atoms with Crippen LogP contribution >= 0.6 is 0 Å². The maximum atomic E-state index is 12.7. The van der Waals surface area contributed by atoms with Crippen molar-refractivity contribution < 1.29 is 19.0 Å². The fraction of sp³-hybridized carbons (Fsp3) is 0.161. The molecule has 0 aliphatic heterocycles. The number of fused-ring (bicyclic) bond motifs is 1. The number of aryl methyl sites for hydroxylation is 1. The lowest BCUT2D eigenvalue weighted by atomic mass is 10.1. The van der Waals surface area contributed by atoms with Crippen LogP contribution in [0.2, 0.25) is 0 Å². The Hall–Kier alpha value is -4.76. The normalized spacial score (nSPS) is 11.0. The fourth-order valence-electron chi connectivity index (χ4n) is 3.84. The Labute approximate surface area is 216 Å². The zero-order chi connectivity index (χ0) is 26.0. The van der Waals surface area contributed by atoms with E-state index in [2.05, 4.69) is 5.32 Å². The summed E-state index contributed by atoms with van der Waals surface area (Å²) >= 11 is 0. The van der Waals surface area contributed by atoms with E-state index in [1.165, 1.54) is 6.08 Å². The molecule has 1 amide bonds. The van der Waals surface area contributed by atoms with Gasteiger partial charge in [0.15, 0.2) is 11.5 Å². The van der Waals surface area contributed by atoms with Crippen molar-refractivity contribution >= 4 is 28.4 Å². The number of hydrogen-bond acceptors (Lipinski definition) is 5. The Morgan fingerprint density at radius 1 is 0.865 bits per heavy atom. The maximum Gasteiger partial charge on any atom is 0.266 e. The first kappa shape index (κ1) is 25.3. The molecule has 0 heterocycles. The van der Waals surface area contributed by atoms with Crippen molar-refractivity contribution in [3.05, 3.63) is 102 Å². The van der Waals surface area contributed by atoms with Crippen LogP contribution in [-0.2, 0) is 4.79 Å². The molecule has 186 valence electrons. The Balaban J connectivity index is 1.42. The van der Waals surface area contributed by atoms with Crippen molar-refractivity contribution in [3.63, 3.8) is 0 Å². The summed E-state index contributed by atoms with van der Waals surface area (Å²) in [6, 6.07) is 28.7. The maximum absolute atomic E-state index is 12.7. The SMILES string of the molecule is CCOc1cc(C=C(C#N)C(=O)Nc2ccccc2C)ccc1OCCOc1cccc2ccccc12. The number of anilines is 1. The summed E-state index contributed by atoms with van der Waals surface area (Å²) in [5.74, 6) is 1.42. The van der Waals surface area contributed by atoms with E-state index in [-0.39, 0.29) is 5.57 Å². The van der Waals surface area contributed by atoms with E-state index in [0.29, 0.717) is 42.6 Å². The molecule has 6 nitrogen and oxygen atoms in total. The van der Waals surface area contributed by atoms with Crippen LogP contribution in [0, 0.1) is 18.3 Å². The second-order valence-corrected chi connectivity index (χ2v) is 8.25. The molecular formula is C31H28N2O4. The van der Waals surface area contributed by atoms with E-state index < -0.39 is 5.91 Å². The molecule has 0 radical (unpaired) electrons. The molecule has 6 heteroatoms. The first-order chi connectivity index (χ1) is 18.1. The van der Waals surface area contributed by atoms with Crippen LogP contribution in [0.15, 0.2) is 90.5 Å². The zero-order valence-electron chi connectivity index (χ0n) is 20.9. The van der Waals surface area contributed by atoms with Crippen LogP contribution in [0.4, 0.5) is 5.69 Å². The van der Waals surface area contributed by atoms with Gasteiger partial charge in [-0.2, -0.15) is 5.26 Å². The summed E-state index contributed by atoms with van der Waals surface area (Å²) < 4.78 is 17.7. The molecule has 0 atom stereocenters. The van der Waals surface area contributed by atoms with E-state index in [4.69, 9.17) is 14.2 Å². The Bertz CT molecular complexity index is 1460. The molecule has 0 aromatic heterocycles. The molecule has 0 unspecified atom stereocenters. The molecule has 4 aromatic carbocycles. The van der Waals surface area contributed by atoms with Crippen LogP contribution in [-0.4, -0.2) is 25.7 Å². The zero-order valence-corrected chi connectivity index (χ0v) is 20.9. The molecule has 0 aliphatic rings. The summed E-state index contributed by atoms with van der Waals surface area (Å²) in [5, 5.41) is 14.5. The third-order valence-corrected chi connectivity index (χ3v) is 5.69. The van der Waals surface area contributed by atoms with Gasteiger partial charge in [0.1, 0.15) is 30.6 Å². The number of benzene rings is 4. The Kier molecular flexibility index (Phi) is 8.41. The number of amides is 1. The number of hydrogen-bond donors (Lipinski definition) is 1. The van der Waals surface area contributed by atoms with Crippen LogP contribution < -0.4 is 19.5 Å². The van der Waals surface area contributed by atoms with E-state index in [9.17, 15) is 10.1 Å². The number of nitrogens with one attached hydrogen (secondary N) is 1. The van der Waals surface area contributed by atoms with Gasteiger partial charge in [-0.05, 0) is 60.7 Å². The molecule has 0 spiro atoms. The molecule has 0 bridgehead atoms. The molecule has 37 heavy (non-hydrogen) atoms. The lowest BCUT2D eigenvalue weighted by Crippen LogP contribution is -2.14. The van der Waals surface area contributed by atoms with Gasteiger partial charge in [0, 0.05) is 11.1 Å². The standard InChI is InChI=1S/C31H28N2O4/c1-3-35-30-20-23(19-25(21-32)31(34)33-27-13-7-4-9-22(27)2)15-16-29(30)37-18-17-36-28-14-8-11-24-10-5-6-12-26(24)28/h4-16,19-20H,3,17-18H2,1-2H3,(H,33,34). The molecule has 0 aliphatic carbocycles. The van der Waals surface area contributed by atoms with E-state index in [1.807, 2.05) is 80.6 Å². The second-order valence-electron chi connectivity index (χ2n) is 8.25. The first-order valence-corrected chi connectivity index (χ1v) is 12.1. The van der Waals surface area contributed by atoms with Crippen molar-refractivity contribution in [1.29, 1.82) is 5.26 Å². The number of carbonyl (C=O) groups excluding carboxylic acids is 1. The minimum atomic E-state index is -0.472. The van der Waals surface area contributed by atoms with Gasteiger partial charge in [0.2, 0.25) is 0 Å². The van der Waals surface area contributed by atoms with Crippen molar-refractivity contribution in [2.75, 3.05) is 25.1 Å². The first-order valence-electron chi connectivity index (χ1n) is 12.1. The summed E-state index contributed by atoms with van der Waals surface area (Å²) in [5.41, 5.74) is 2.22. The molecule has 4 aromatic rings. The summed E-state index contributed by atoms with van der Waals surface area (Å²) in [7, 11) is 0. The van der Waals surface area contributed by atoms with Crippen molar-refractivity contribution in [2.45, 2.75) is 13.8 Å². The number of para-hydroxylation sites is 1. The van der Waals surface area contributed by atoms with Gasteiger partial charge >= 0.3 is 0 Å². The summed E-state index contributed by atoms with van der Waals surface area (Å²) in [6.07, 6.45) is 1.53. The van der Waals surface area contributed by atoms with Gasteiger partial charge in [-0.15, -0.1) is 0 Å². The number of carbonyl (C=O) groups is 1. The lowest BCUT2D eigenvalue weighted by molar-refractivity contribution is -0.112. The summed E-state index contributed by atoms with van der Waals surface area (Å²) in [4.78, 5) is 12.7. The van der Waals surface area contributed by atoms with Gasteiger partial charge < -0.3 is 19.5 Å². The van der Waals surface area contributed by atoms with E-state index in [1.54, 1.807) is 24.3 Å². The fourth-order valence-corrected chi connectivity index (χ4v) is 3.84. The Morgan fingerprint density at radius 3 is 2.38 bits per heavy atom. The van der Waals surface area contributed by atoms with Crippen LogP contribution in [0.3, 0.4) is 0 Å². The average molecular weight is 493 g/mol. The van der Waals surface area contributed by atoms with Crippen LogP contribution in [0.5, 0.6) is 17.2 Å². The number of rotatable bonds is 10. The largest absolute Gasteiger partial charge is 0.490 e. The predicted octanol–water partition coefficient (Wildman–Crippen LogP) is 6.55. The van der Waals surface area contributed by atoms with Crippen LogP contribution in [0.1, 0.15) is 18.1 Å².